The number of carbonyl (C=O) groups excluding carboxylic acids is 4. The molecule has 0 bridgehead atoms. The molecule has 5 rings (SSSR count). The van der Waals surface area contributed by atoms with Crippen molar-refractivity contribution in [3.05, 3.63) is 63.2 Å². The number of nitrogens with zero attached hydrogens (tertiary/aromatic N) is 2. The highest BCUT2D eigenvalue weighted by molar-refractivity contribution is 6.31. The van der Waals surface area contributed by atoms with Crippen molar-refractivity contribution >= 4 is 41.1 Å². The standard InChI is InChI=1S/C28H31ClN4O6/c1-16-19(12-32(2)21-7-8-38-15-21)10-20(11-23(16)29)30-28(37)39-14-17-3-4-18-13-33(27(36)22(18)9-17)24-5-6-25(34)31-26(24)35/h3-4,9-11,21,24H,5-8,12-15H2,1-2H3,(H,30,37)(H,31,34,35). The van der Waals surface area contributed by atoms with E-state index >= 15 is 0 Å². The molecule has 0 saturated carbocycles. The third-order valence-corrected chi connectivity index (χ3v) is 8.00. The number of hydrogen-bond acceptors (Lipinski definition) is 7. The van der Waals surface area contributed by atoms with E-state index in [1.54, 1.807) is 24.3 Å². The normalized spacial score (nSPS) is 20.8. The van der Waals surface area contributed by atoms with Crippen molar-refractivity contribution in [2.24, 2.45) is 0 Å². The van der Waals surface area contributed by atoms with Crippen molar-refractivity contribution in [3.8, 4) is 0 Å². The first kappa shape index (κ1) is 27.1. The second kappa shape index (κ2) is 11.3. The molecule has 0 spiro atoms. The molecule has 2 atom stereocenters. The van der Waals surface area contributed by atoms with Gasteiger partial charge in [-0.1, -0.05) is 23.7 Å². The van der Waals surface area contributed by atoms with Crippen LogP contribution in [0.4, 0.5) is 10.5 Å². The summed E-state index contributed by atoms with van der Waals surface area (Å²) in [6.07, 6.45) is 0.841. The van der Waals surface area contributed by atoms with Crippen LogP contribution in [0.1, 0.15) is 51.9 Å². The van der Waals surface area contributed by atoms with Gasteiger partial charge in [-0.05, 0) is 67.3 Å². The average molecular weight is 555 g/mol. The first-order valence-corrected chi connectivity index (χ1v) is 13.3. The zero-order chi connectivity index (χ0) is 27.7. The molecular weight excluding hydrogens is 524 g/mol. The monoisotopic (exact) mass is 554 g/mol. The van der Waals surface area contributed by atoms with Crippen LogP contribution < -0.4 is 10.6 Å². The molecule has 0 radical (unpaired) electrons. The summed E-state index contributed by atoms with van der Waals surface area (Å²) in [7, 11) is 2.05. The fourth-order valence-corrected chi connectivity index (χ4v) is 5.47. The number of ether oxygens (including phenoxy) is 2. The zero-order valence-corrected chi connectivity index (χ0v) is 22.7. The molecule has 3 aliphatic heterocycles. The maximum atomic E-state index is 13.0. The number of piperidine rings is 1. The summed E-state index contributed by atoms with van der Waals surface area (Å²) < 4.78 is 10.9. The van der Waals surface area contributed by atoms with Crippen LogP contribution in [0, 0.1) is 6.92 Å². The lowest BCUT2D eigenvalue weighted by atomic mass is 10.0. The number of halogens is 1. The Morgan fingerprint density at radius 1 is 1.23 bits per heavy atom. The molecule has 11 heteroatoms. The summed E-state index contributed by atoms with van der Waals surface area (Å²) in [4.78, 5) is 53.0. The Morgan fingerprint density at radius 2 is 2.05 bits per heavy atom. The van der Waals surface area contributed by atoms with Gasteiger partial charge in [-0.3, -0.25) is 29.9 Å². The molecule has 39 heavy (non-hydrogen) atoms. The van der Waals surface area contributed by atoms with Crippen LogP contribution in [0.5, 0.6) is 0 Å². The summed E-state index contributed by atoms with van der Waals surface area (Å²) >= 11 is 6.46. The third kappa shape index (κ3) is 5.93. The van der Waals surface area contributed by atoms with Gasteiger partial charge in [-0.2, -0.15) is 0 Å². The highest BCUT2D eigenvalue weighted by Crippen LogP contribution is 2.29. The van der Waals surface area contributed by atoms with Crippen LogP contribution in [-0.4, -0.2) is 66.0 Å². The number of hydrogen-bond donors (Lipinski definition) is 2. The largest absolute Gasteiger partial charge is 0.444 e. The van der Waals surface area contributed by atoms with Gasteiger partial charge in [0.2, 0.25) is 11.8 Å². The molecule has 2 unspecified atom stereocenters. The number of carbonyl (C=O) groups is 4. The minimum Gasteiger partial charge on any atom is -0.444 e. The van der Waals surface area contributed by atoms with Crippen LogP contribution >= 0.6 is 11.6 Å². The van der Waals surface area contributed by atoms with Crippen molar-refractivity contribution in [1.29, 1.82) is 0 Å². The van der Waals surface area contributed by atoms with Crippen molar-refractivity contribution in [2.45, 2.75) is 58.0 Å². The summed E-state index contributed by atoms with van der Waals surface area (Å²) in [6, 6.07) is 8.53. The van der Waals surface area contributed by atoms with Crippen molar-refractivity contribution < 1.29 is 28.7 Å². The van der Waals surface area contributed by atoms with Crippen molar-refractivity contribution in [1.82, 2.24) is 15.1 Å². The Balaban J connectivity index is 1.19. The first-order chi connectivity index (χ1) is 18.7. The van der Waals surface area contributed by atoms with Crippen LogP contribution in [0.3, 0.4) is 0 Å². The van der Waals surface area contributed by atoms with E-state index in [4.69, 9.17) is 21.1 Å². The lowest BCUT2D eigenvalue weighted by molar-refractivity contribution is -0.136. The fourth-order valence-electron chi connectivity index (χ4n) is 5.23. The van der Waals surface area contributed by atoms with Gasteiger partial charge in [0, 0.05) is 48.4 Å². The van der Waals surface area contributed by atoms with Crippen molar-refractivity contribution in [3.63, 3.8) is 0 Å². The van der Waals surface area contributed by atoms with E-state index in [1.165, 1.54) is 4.90 Å². The molecule has 0 aliphatic carbocycles. The molecule has 206 valence electrons. The number of fused-ring (bicyclic) bond motifs is 1. The maximum Gasteiger partial charge on any atom is 0.411 e. The van der Waals surface area contributed by atoms with E-state index in [0.717, 1.165) is 29.7 Å². The second-order valence-corrected chi connectivity index (χ2v) is 10.7. The minimum absolute atomic E-state index is 0.0400. The zero-order valence-electron chi connectivity index (χ0n) is 21.9. The second-order valence-electron chi connectivity index (χ2n) is 10.3. The third-order valence-electron chi connectivity index (χ3n) is 7.61. The van der Waals surface area contributed by atoms with Crippen LogP contribution in [0.25, 0.3) is 0 Å². The van der Waals surface area contributed by atoms with E-state index < -0.39 is 18.0 Å². The van der Waals surface area contributed by atoms with Gasteiger partial charge < -0.3 is 14.4 Å². The Kier molecular flexibility index (Phi) is 7.88. The quantitative estimate of drug-likeness (QED) is 0.504. The lowest BCUT2D eigenvalue weighted by Crippen LogP contribution is -2.52. The van der Waals surface area contributed by atoms with Crippen LogP contribution in [0.15, 0.2) is 30.3 Å². The van der Waals surface area contributed by atoms with E-state index in [9.17, 15) is 19.2 Å². The molecule has 3 aliphatic rings. The average Bonchev–Trinajstić information content (AvgIpc) is 3.55. The summed E-state index contributed by atoms with van der Waals surface area (Å²) in [5.74, 6) is -1.05. The highest BCUT2D eigenvalue weighted by Gasteiger charge is 2.39. The van der Waals surface area contributed by atoms with E-state index in [1.807, 2.05) is 20.0 Å². The van der Waals surface area contributed by atoms with E-state index in [0.29, 0.717) is 54.0 Å². The Hall–Kier alpha value is -3.47. The van der Waals surface area contributed by atoms with Gasteiger partial charge in [0.05, 0.1) is 6.61 Å². The molecule has 2 saturated heterocycles. The SMILES string of the molecule is Cc1c(Cl)cc(NC(=O)OCc2ccc3c(c2)C(=O)N(C2CCC(=O)NC2=O)C3)cc1CN(C)C1CCOC1. The summed E-state index contributed by atoms with van der Waals surface area (Å²) in [5, 5.41) is 5.60. The predicted octanol–water partition coefficient (Wildman–Crippen LogP) is 3.38. The van der Waals surface area contributed by atoms with Gasteiger partial charge in [0.25, 0.3) is 5.91 Å². The number of likely N-dealkylation sites (N-methyl/N-ethyl adjacent to an activating group) is 1. The summed E-state index contributed by atoms with van der Waals surface area (Å²) in [6.45, 7) is 4.34. The molecular formula is C28H31ClN4O6. The molecule has 0 aromatic heterocycles. The van der Waals surface area contributed by atoms with E-state index in [2.05, 4.69) is 15.5 Å². The number of anilines is 1. The Morgan fingerprint density at radius 3 is 2.79 bits per heavy atom. The van der Waals surface area contributed by atoms with Gasteiger partial charge in [-0.25, -0.2) is 4.79 Å². The Labute approximate surface area is 231 Å². The number of nitrogens with one attached hydrogen (secondary N) is 2. The van der Waals surface area contributed by atoms with Gasteiger partial charge >= 0.3 is 6.09 Å². The maximum absolute atomic E-state index is 13.0. The first-order valence-electron chi connectivity index (χ1n) is 13.0. The number of benzene rings is 2. The molecule has 2 fully saturated rings. The smallest absolute Gasteiger partial charge is 0.411 e. The number of amides is 4. The molecule has 10 nitrogen and oxygen atoms in total. The minimum atomic E-state index is -0.675. The topological polar surface area (TPSA) is 117 Å². The summed E-state index contributed by atoms with van der Waals surface area (Å²) in [5.41, 5.74) is 4.39. The van der Waals surface area contributed by atoms with Gasteiger partial charge in [-0.15, -0.1) is 0 Å². The van der Waals surface area contributed by atoms with Gasteiger partial charge in [0.1, 0.15) is 12.6 Å². The van der Waals surface area contributed by atoms with Crippen molar-refractivity contribution in [2.75, 3.05) is 25.6 Å². The molecule has 3 heterocycles. The number of imide groups is 1. The van der Waals surface area contributed by atoms with Crippen LogP contribution in [-0.2, 0) is 38.8 Å². The fraction of sp³-hybridized carbons (Fsp3) is 0.429. The molecule has 2 N–H and O–H groups in total. The molecule has 4 amide bonds. The van der Waals surface area contributed by atoms with Gasteiger partial charge in [0.15, 0.2) is 0 Å². The highest BCUT2D eigenvalue weighted by atomic mass is 35.5. The Bertz CT molecular complexity index is 1330. The van der Waals surface area contributed by atoms with E-state index in [-0.39, 0.29) is 24.8 Å². The molecule has 2 aromatic carbocycles. The number of rotatable bonds is 7. The lowest BCUT2D eigenvalue weighted by Gasteiger charge is -2.29. The van der Waals surface area contributed by atoms with Crippen LogP contribution in [0.2, 0.25) is 5.02 Å². The predicted molar refractivity (Wildman–Crippen MR) is 143 cm³/mol. The molecule has 2 aromatic rings.